The first-order chi connectivity index (χ1) is 14.6. The van der Waals surface area contributed by atoms with E-state index < -0.39 is 0 Å². The first-order valence-electron chi connectivity index (χ1n) is 10.0. The van der Waals surface area contributed by atoms with Gasteiger partial charge in [0.25, 0.3) is 5.91 Å². The number of thiophene rings is 1. The van der Waals surface area contributed by atoms with E-state index in [-0.39, 0.29) is 5.91 Å². The number of hydrogen-bond donors (Lipinski definition) is 0. The van der Waals surface area contributed by atoms with E-state index in [9.17, 15) is 4.79 Å². The molecule has 0 unspecified atom stereocenters. The van der Waals surface area contributed by atoms with Crippen LogP contribution in [0, 0.1) is 6.92 Å². The van der Waals surface area contributed by atoms with E-state index in [1.165, 1.54) is 11.3 Å². The molecule has 1 fully saturated rings. The third-order valence-corrected chi connectivity index (χ3v) is 6.93. The Balaban J connectivity index is 1.45. The monoisotopic (exact) mass is 436 g/mol. The molecule has 1 saturated carbocycles. The fourth-order valence-electron chi connectivity index (χ4n) is 3.70. The lowest BCUT2D eigenvalue weighted by atomic mass is 10.2. The topological polar surface area (TPSA) is 51.0 Å². The lowest BCUT2D eigenvalue weighted by Crippen LogP contribution is -2.32. The number of aromatic nitrogens is 3. The van der Waals surface area contributed by atoms with Gasteiger partial charge < -0.3 is 4.90 Å². The van der Waals surface area contributed by atoms with Gasteiger partial charge in [-0.15, -0.1) is 11.3 Å². The molecule has 4 aromatic rings. The number of carbonyl (C=O) groups is 1. The Bertz CT molecular complexity index is 1210. The van der Waals surface area contributed by atoms with E-state index >= 15 is 0 Å². The number of rotatable bonds is 6. The zero-order valence-electron chi connectivity index (χ0n) is 16.6. The largest absolute Gasteiger partial charge is 0.331 e. The second-order valence-electron chi connectivity index (χ2n) is 7.69. The molecule has 0 radical (unpaired) electrons. The van der Waals surface area contributed by atoms with E-state index in [2.05, 4.69) is 10.1 Å². The normalized spacial score (nSPS) is 13.7. The predicted molar refractivity (Wildman–Crippen MR) is 120 cm³/mol. The van der Waals surface area contributed by atoms with Crippen LogP contribution in [0.3, 0.4) is 0 Å². The Hall–Kier alpha value is -2.70. The van der Waals surface area contributed by atoms with Crippen LogP contribution >= 0.6 is 22.9 Å². The number of aryl methyl sites for hydroxylation is 1. The first-order valence-corrected chi connectivity index (χ1v) is 11.2. The van der Waals surface area contributed by atoms with E-state index in [0.717, 1.165) is 49.8 Å². The molecule has 0 bridgehead atoms. The van der Waals surface area contributed by atoms with Gasteiger partial charge in [0.1, 0.15) is 4.83 Å². The lowest BCUT2D eigenvalue weighted by molar-refractivity contribution is 0.0735. The maximum atomic E-state index is 13.4. The summed E-state index contributed by atoms with van der Waals surface area (Å²) in [6, 6.07) is 14.0. The Morgan fingerprint density at radius 3 is 2.83 bits per heavy atom. The van der Waals surface area contributed by atoms with Crippen LogP contribution in [0.5, 0.6) is 0 Å². The zero-order chi connectivity index (χ0) is 20.7. The molecule has 5 nitrogen and oxygen atoms in total. The molecule has 0 spiro atoms. The van der Waals surface area contributed by atoms with Gasteiger partial charge in [0, 0.05) is 35.4 Å². The molecule has 7 heteroatoms. The van der Waals surface area contributed by atoms with Gasteiger partial charge in [-0.3, -0.25) is 14.5 Å². The number of halogens is 1. The highest BCUT2D eigenvalue weighted by Crippen LogP contribution is 2.34. The van der Waals surface area contributed by atoms with Crippen LogP contribution in [0.4, 0.5) is 0 Å². The molecule has 0 saturated heterocycles. The summed E-state index contributed by atoms with van der Waals surface area (Å²) in [4.78, 5) is 21.3. The van der Waals surface area contributed by atoms with Gasteiger partial charge in [-0.2, -0.15) is 5.10 Å². The highest BCUT2D eigenvalue weighted by Gasteiger charge is 2.34. The second kappa shape index (κ2) is 7.85. The van der Waals surface area contributed by atoms with Crippen molar-refractivity contribution in [3.8, 4) is 0 Å². The van der Waals surface area contributed by atoms with Crippen LogP contribution in [0.1, 0.15) is 39.3 Å². The predicted octanol–water partition coefficient (Wildman–Crippen LogP) is 5.31. The van der Waals surface area contributed by atoms with Crippen molar-refractivity contribution in [1.82, 2.24) is 19.7 Å². The summed E-state index contributed by atoms with van der Waals surface area (Å²) in [5.74, 6) is 0.0891. The summed E-state index contributed by atoms with van der Waals surface area (Å²) in [5, 5.41) is 6.44. The van der Waals surface area contributed by atoms with Crippen molar-refractivity contribution in [2.45, 2.75) is 38.9 Å². The maximum absolute atomic E-state index is 13.4. The highest BCUT2D eigenvalue weighted by molar-refractivity contribution is 7.20. The van der Waals surface area contributed by atoms with Crippen LogP contribution in [-0.4, -0.2) is 31.6 Å². The van der Waals surface area contributed by atoms with Gasteiger partial charge in [0.05, 0.1) is 17.1 Å². The van der Waals surface area contributed by atoms with E-state index in [1.807, 2.05) is 65.2 Å². The van der Waals surface area contributed by atoms with Crippen molar-refractivity contribution in [2.24, 2.45) is 0 Å². The number of hydrogen-bond acceptors (Lipinski definition) is 4. The van der Waals surface area contributed by atoms with Crippen molar-refractivity contribution >= 4 is 39.1 Å². The minimum absolute atomic E-state index is 0.0891. The van der Waals surface area contributed by atoms with Gasteiger partial charge in [-0.05, 0) is 49.1 Å². The third kappa shape index (κ3) is 3.73. The number of carbonyl (C=O) groups excluding carboxylic acids is 1. The van der Waals surface area contributed by atoms with Gasteiger partial charge in [-0.1, -0.05) is 35.9 Å². The summed E-state index contributed by atoms with van der Waals surface area (Å²) >= 11 is 7.86. The van der Waals surface area contributed by atoms with Crippen LogP contribution in [0.2, 0.25) is 5.02 Å². The molecule has 0 N–H and O–H groups in total. The standard InChI is InChI=1S/C23H21ClN4OS/c1-15-19-11-21(22(29)27(18-8-9-18)13-16-5-4-10-25-12-16)30-23(19)28(26-15)14-17-6-2-3-7-20(17)24/h2-7,10-12,18H,8-9,13-14H2,1H3. The van der Waals surface area contributed by atoms with Crippen LogP contribution in [-0.2, 0) is 13.1 Å². The van der Waals surface area contributed by atoms with Gasteiger partial charge in [0.2, 0.25) is 0 Å². The summed E-state index contributed by atoms with van der Waals surface area (Å²) in [7, 11) is 0. The molecule has 3 aromatic heterocycles. The summed E-state index contributed by atoms with van der Waals surface area (Å²) < 4.78 is 1.95. The first kappa shape index (κ1) is 19.3. The fourth-order valence-corrected chi connectivity index (χ4v) is 5.01. The minimum atomic E-state index is 0.0891. The van der Waals surface area contributed by atoms with Crippen molar-refractivity contribution < 1.29 is 4.79 Å². The smallest absolute Gasteiger partial charge is 0.264 e. The number of nitrogens with zero attached hydrogens (tertiary/aromatic N) is 4. The highest BCUT2D eigenvalue weighted by atomic mass is 35.5. The number of pyridine rings is 1. The van der Waals surface area contributed by atoms with Crippen molar-refractivity contribution in [1.29, 1.82) is 0 Å². The van der Waals surface area contributed by atoms with Crippen LogP contribution < -0.4 is 0 Å². The molecule has 30 heavy (non-hydrogen) atoms. The van der Waals surface area contributed by atoms with Gasteiger partial charge in [0.15, 0.2) is 0 Å². The molecule has 0 aliphatic heterocycles. The zero-order valence-corrected chi connectivity index (χ0v) is 18.2. The van der Waals surface area contributed by atoms with E-state index in [1.54, 1.807) is 6.20 Å². The maximum Gasteiger partial charge on any atom is 0.264 e. The van der Waals surface area contributed by atoms with Crippen LogP contribution in [0.25, 0.3) is 10.2 Å². The molecule has 1 aromatic carbocycles. The molecule has 5 rings (SSSR count). The molecule has 1 aliphatic rings. The molecular weight excluding hydrogens is 416 g/mol. The summed E-state index contributed by atoms with van der Waals surface area (Å²) in [5.41, 5.74) is 3.00. The summed E-state index contributed by atoms with van der Waals surface area (Å²) in [6.07, 6.45) is 5.72. The van der Waals surface area contributed by atoms with Crippen molar-refractivity contribution in [3.63, 3.8) is 0 Å². The van der Waals surface area contributed by atoms with E-state index in [4.69, 9.17) is 11.6 Å². The Morgan fingerprint density at radius 2 is 2.10 bits per heavy atom. The van der Waals surface area contributed by atoms with E-state index in [0.29, 0.717) is 19.1 Å². The average molecular weight is 437 g/mol. The number of amides is 1. The van der Waals surface area contributed by atoms with Gasteiger partial charge in [-0.25, -0.2) is 0 Å². The number of fused-ring (bicyclic) bond motifs is 1. The van der Waals surface area contributed by atoms with Gasteiger partial charge >= 0.3 is 0 Å². The van der Waals surface area contributed by atoms with Crippen molar-refractivity contribution in [2.75, 3.05) is 0 Å². The molecule has 3 heterocycles. The second-order valence-corrected chi connectivity index (χ2v) is 9.13. The SMILES string of the molecule is Cc1nn(Cc2ccccc2Cl)c2sc(C(=O)N(Cc3cccnc3)C3CC3)cc12. The quantitative estimate of drug-likeness (QED) is 0.411. The average Bonchev–Trinajstić information content (AvgIpc) is 3.43. The lowest BCUT2D eigenvalue weighted by Gasteiger charge is -2.21. The van der Waals surface area contributed by atoms with Crippen molar-refractivity contribution in [3.05, 3.63) is 81.6 Å². The Labute approximate surface area is 183 Å². The molecule has 0 atom stereocenters. The third-order valence-electron chi connectivity index (χ3n) is 5.42. The molecular formula is C23H21ClN4OS. The Morgan fingerprint density at radius 1 is 1.27 bits per heavy atom. The minimum Gasteiger partial charge on any atom is -0.331 e. The Kier molecular flexibility index (Phi) is 5.05. The molecule has 152 valence electrons. The number of benzene rings is 1. The molecule has 1 aliphatic carbocycles. The fraction of sp³-hybridized carbons (Fsp3) is 0.261. The van der Waals surface area contributed by atoms with Crippen LogP contribution in [0.15, 0.2) is 54.9 Å². The molecule has 1 amide bonds. The summed E-state index contributed by atoms with van der Waals surface area (Å²) in [6.45, 7) is 3.16.